The van der Waals surface area contributed by atoms with Crippen molar-refractivity contribution in [3.8, 4) is 11.5 Å². The van der Waals surface area contributed by atoms with Crippen LogP contribution in [0, 0.1) is 0 Å². The lowest BCUT2D eigenvalue weighted by Gasteiger charge is -1.92. The van der Waals surface area contributed by atoms with Gasteiger partial charge < -0.3 is 9.52 Å². The Morgan fingerprint density at radius 3 is 3.06 bits per heavy atom. The Morgan fingerprint density at radius 1 is 1.41 bits per heavy atom. The van der Waals surface area contributed by atoms with E-state index >= 15 is 0 Å². The van der Waals surface area contributed by atoms with Crippen molar-refractivity contribution in [2.45, 2.75) is 0 Å². The van der Waals surface area contributed by atoms with Crippen molar-refractivity contribution in [1.82, 2.24) is 19.6 Å². The minimum absolute atomic E-state index is 0.136. The Morgan fingerprint density at radius 2 is 2.29 bits per heavy atom. The number of carbonyl (C=O) groups is 1. The Kier molecular flexibility index (Phi) is 1.91. The summed E-state index contributed by atoms with van der Waals surface area (Å²) in [4.78, 5) is 18.5. The third kappa shape index (κ3) is 1.44. The summed E-state index contributed by atoms with van der Waals surface area (Å²) >= 11 is 0. The van der Waals surface area contributed by atoms with E-state index in [-0.39, 0.29) is 11.6 Å². The number of hydrogen-bond acceptors (Lipinski definition) is 5. The zero-order valence-electron chi connectivity index (χ0n) is 8.44. The molecular formula is C10H6N4O3. The molecule has 7 heteroatoms. The van der Waals surface area contributed by atoms with Crippen molar-refractivity contribution in [2.75, 3.05) is 0 Å². The smallest absolute Gasteiger partial charge is 0.357 e. The van der Waals surface area contributed by atoms with Gasteiger partial charge in [0, 0.05) is 12.4 Å². The highest BCUT2D eigenvalue weighted by atomic mass is 16.4. The minimum atomic E-state index is -1.13. The van der Waals surface area contributed by atoms with Crippen molar-refractivity contribution in [2.24, 2.45) is 0 Å². The van der Waals surface area contributed by atoms with Crippen LogP contribution in [0.3, 0.4) is 0 Å². The molecule has 3 aromatic heterocycles. The van der Waals surface area contributed by atoms with Crippen LogP contribution in [0.1, 0.15) is 10.5 Å². The van der Waals surface area contributed by atoms with E-state index in [0.717, 1.165) is 6.26 Å². The number of hydrogen-bond donors (Lipinski definition) is 1. The number of carboxylic acids is 1. The van der Waals surface area contributed by atoms with Crippen LogP contribution >= 0.6 is 0 Å². The third-order valence-corrected chi connectivity index (χ3v) is 2.28. The molecule has 0 unspecified atom stereocenters. The van der Waals surface area contributed by atoms with Gasteiger partial charge in [0.15, 0.2) is 5.69 Å². The van der Waals surface area contributed by atoms with Crippen LogP contribution in [0.5, 0.6) is 0 Å². The predicted molar refractivity (Wildman–Crippen MR) is 55.4 cm³/mol. The van der Waals surface area contributed by atoms with E-state index in [1.165, 1.54) is 0 Å². The molecule has 17 heavy (non-hydrogen) atoms. The second-order valence-corrected chi connectivity index (χ2v) is 3.31. The predicted octanol–water partition coefficient (Wildman–Crippen LogP) is 1.08. The van der Waals surface area contributed by atoms with Gasteiger partial charge in [-0.2, -0.15) is 5.10 Å². The van der Waals surface area contributed by atoms with E-state index in [4.69, 9.17) is 9.52 Å². The molecule has 84 valence electrons. The highest BCUT2D eigenvalue weighted by Gasteiger charge is 2.15. The number of fused-ring (bicyclic) bond motifs is 1. The largest absolute Gasteiger partial charge is 0.476 e. The minimum Gasteiger partial charge on any atom is -0.476 e. The molecule has 0 saturated carbocycles. The number of carboxylic acid groups (broad SMARTS) is 1. The van der Waals surface area contributed by atoms with Gasteiger partial charge in [-0.15, -0.1) is 0 Å². The number of nitrogens with zero attached hydrogens (tertiary/aromatic N) is 4. The van der Waals surface area contributed by atoms with Gasteiger partial charge in [0.25, 0.3) is 0 Å². The Hall–Kier alpha value is -2.70. The third-order valence-electron chi connectivity index (χ3n) is 2.28. The molecule has 0 atom stereocenters. The van der Waals surface area contributed by atoms with E-state index in [1.54, 1.807) is 29.3 Å². The highest BCUT2D eigenvalue weighted by molar-refractivity contribution is 5.86. The zero-order chi connectivity index (χ0) is 11.8. The van der Waals surface area contributed by atoms with Crippen LogP contribution in [-0.2, 0) is 0 Å². The average molecular weight is 230 g/mol. The van der Waals surface area contributed by atoms with Crippen molar-refractivity contribution >= 4 is 11.5 Å². The first kappa shape index (κ1) is 9.52. The first-order chi connectivity index (χ1) is 8.25. The number of oxazole rings is 1. The number of rotatable bonds is 2. The fourth-order valence-electron chi connectivity index (χ4n) is 1.49. The molecule has 0 saturated heterocycles. The molecular weight excluding hydrogens is 224 g/mol. The summed E-state index contributed by atoms with van der Waals surface area (Å²) in [5, 5.41) is 12.8. The Labute approximate surface area is 94.3 Å². The molecule has 0 spiro atoms. The second-order valence-electron chi connectivity index (χ2n) is 3.31. The van der Waals surface area contributed by atoms with Crippen LogP contribution in [-0.4, -0.2) is 30.7 Å². The molecule has 0 bridgehead atoms. The van der Waals surface area contributed by atoms with Crippen molar-refractivity contribution in [3.63, 3.8) is 0 Å². The van der Waals surface area contributed by atoms with Crippen molar-refractivity contribution in [1.29, 1.82) is 0 Å². The van der Waals surface area contributed by atoms with Crippen LogP contribution in [0.4, 0.5) is 0 Å². The van der Waals surface area contributed by atoms with Gasteiger partial charge >= 0.3 is 5.97 Å². The second kappa shape index (κ2) is 3.41. The molecule has 0 aliphatic carbocycles. The Balaban J connectivity index is 2.17. The summed E-state index contributed by atoms with van der Waals surface area (Å²) in [6, 6.07) is 0. The topological polar surface area (TPSA) is 93.5 Å². The number of aromatic carboxylic acids is 1. The van der Waals surface area contributed by atoms with Gasteiger partial charge in [-0.05, 0) is 0 Å². The fraction of sp³-hybridized carbons (Fsp3) is 0. The van der Waals surface area contributed by atoms with Crippen LogP contribution < -0.4 is 0 Å². The van der Waals surface area contributed by atoms with E-state index in [2.05, 4.69) is 15.1 Å². The summed E-state index contributed by atoms with van der Waals surface area (Å²) in [5.41, 5.74) is 1.17. The fourth-order valence-corrected chi connectivity index (χ4v) is 1.49. The van der Waals surface area contributed by atoms with Gasteiger partial charge in [0.05, 0.1) is 23.5 Å². The summed E-state index contributed by atoms with van der Waals surface area (Å²) in [6.07, 6.45) is 7.53. The van der Waals surface area contributed by atoms with Crippen LogP contribution in [0.2, 0.25) is 0 Å². The molecule has 0 fully saturated rings. The lowest BCUT2D eigenvalue weighted by atomic mass is 10.3. The van der Waals surface area contributed by atoms with Crippen molar-refractivity contribution in [3.05, 3.63) is 36.7 Å². The maximum Gasteiger partial charge on any atom is 0.357 e. The molecule has 3 rings (SSSR count). The molecule has 3 heterocycles. The molecule has 0 aliphatic heterocycles. The quantitative estimate of drug-likeness (QED) is 0.708. The first-order valence-corrected chi connectivity index (χ1v) is 4.72. The van der Waals surface area contributed by atoms with Gasteiger partial charge in [-0.3, -0.25) is 4.98 Å². The number of aromatic nitrogens is 4. The Bertz CT molecular complexity index is 700. The maximum absolute atomic E-state index is 10.7. The lowest BCUT2D eigenvalue weighted by Crippen LogP contribution is -1.95. The molecule has 0 aromatic carbocycles. The van der Waals surface area contributed by atoms with Gasteiger partial charge in [0.2, 0.25) is 5.89 Å². The van der Waals surface area contributed by atoms with Crippen LogP contribution in [0.15, 0.2) is 35.5 Å². The normalized spacial score (nSPS) is 10.8. The van der Waals surface area contributed by atoms with Gasteiger partial charge in [-0.25, -0.2) is 14.3 Å². The standard InChI is InChI=1S/C10H6N4O3/c15-10(16)7-5-17-9(13-7)6-3-12-14-2-1-11-4-8(6)14/h1-5H,(H,15,16). The van der Waals surface area contributed by atoms with Crippen molar-refractivity contribution < 1.29 is 14.3 Å². The monoisotopic (exact) mass is 230 g/mol. The summed E-state index contributed by atoms with van der Waals surface area (Å²) in [5.74, 6) is -0.917. The lowest BCUT2D eigenvalue weighted by molar-refractivity contribution is 0.0690. The first-order valence-electron chi connectivity index (χ1n) is 4.72. The molecule has 0 amide bonds. The highest BCUT2D eigenvalue weighted by Crippen LogP contribution is 2.22. The maximum atomic E-state index is 10.7. The SMILES string of the molecule is O=C(O)c1coc(-c2cnn3ccncc23)n1. The van der Waals surface area contributed by atoms with Gasteiger partial charge in [0.1, 0.15) is 6.26 Å². The summed E-state index contributed by atoms with van der Waals surface area (Å²) in [6.45, 7) is 0. The van der Waals surface area contributed by atoms with Crippen LogP contribution in [0.25, 0.3) is 17.0 Å². The van der Waals surface area contributed by atoms with E-state index in [0.29, 0.717) is 11.1 Å². The average Bonchev–Trinajstić information content (AvgIpc) is 2.95. The van der Waals surface area contributed by atoms with E-state index in [9.17, 15) is 4.79 Å². The molecule has 7 nitrogen and oxygen atoms in total. The molecule has 3 aromatic rings. The van der Waals surface area contributed by atoms with E-state index < -0.39 is 5.97 Å². The van der Waals surface area contributed by atoms with Gasteiger partial charge in [-0.1, -0.05) is 0 Å². The molecule has 0 radical (unpaired) electrons. The molecule has 1 N–H and O–H groups in total. The zero-order valence-corrected chi connectivity index (χ0v) is 8.44. The van der Waals surface area contributed by atoms with E-state index in [1.807, 2.05) is 0 Å². The summed E-state index contributed by atoms with van der Waals surface area (Å²) < 4.78 is 6.71. The molecule has 0 aliphatic rings. The summed E-state index contributed by atoms with van der Waals surface area (Å²) in [7, 11) is 0.